The molecule has 1 aromatic rings. The van der Waals surface area contributed by atoms with Crippen LogP contribution in [0.1, 0.15) is 31.2 Å². The SMILES string of the molecule is CSCC[C@H](NC(=O)[C@H](CCCCN)NC(=O)[C@@H](N)Cc1ccc(O)cc1)C(=O)O. The van der Waals surface area contributed by atoms with Crippen LogP contribution in [-0.2, 0) is 20.8 Å². The minimum atomic E-state index is -1.12. The molecule has 2 amide bonds. The molecule has 0 fully saturated rings. The maximum absolute atomic E-state index is 12.7. The predicted octanol–water partition coefficient (Wildman–Crippen LogP) is 0.198. The fourth-order valence-electron chi connectivity index (χ4n) is 2.78. The second-order valence-corrected chi connectivity index (χ2v) is 7.99. The number of nitrogens with one attached hydrogen (secondary N) is 2. The standard InChI is InChI=1S/C20H32N4O5S/c1-30-11-9-17(20(28)29)24-19(27)16(4-2-3-10-21)23-18(26)15(22)12-13-5-7-14(25)8-6-13/h5-8,15-17,25H,2-4,9-12,21-22H2,1H3,(H,23,26)(H,24,27)(H,28,29)/t15-,16-,17-/m0/s1. The van der Waals surface area contributed by atoms with E-state index in [1.165, 1.54) is 23.9 Å². The number of rotatable bonds is 14. The Balaban J connectivity index is 2.76. The van der Waals surface area contributed by atoms with Crippen LogP contribution >= 0.6 is 11.8 Å². The van der Waals surface area contributed by atoms with Gasteiger partial charge in [0.15, 0.2) is 0 Å². The zero-order chi connectivity index (χ0) is 22.5. The largest absolute Gasteiger partial charge is 0.508 e. The number of thioether (sulfide) groups is 1. The first-order valence-corrected chi connectivity index (χ1v) is 11.2. The summed E-state index contributed by atoms with van der Waals surface area (Å²) in [5.74, 6) is -1.48. The molecule has 0 bridgehead atoms. The first kappa shape index (κ1) is 25.7. The van der Waals surface area contributed by atoms with Crippen LogP contribution < -0.4 is 22.1 Å². The van der Waals surface area contributed by atoms with Crippen LogP contribution in [0.5, 0.6) is 5.75 Å². The molecule has 0 radical (unpaired) electrons. The van der Waals surface area contributed by atoms with Crippen LogP contribution in [0, 0.1) is 0 Å². The van der Waals surface area contributed by atoms with Crippen molar-refractivity contribution in [3.63, 3.8) is 0 Å². The van der Waals surface area contributed by atoms with Gasteiger partial charge in [0.05, 0.1) is 6.04 Å². The molecule has 3 atom stereocenters. The summed E-state index contributed by atoms with van der Waals surface area (Å²) in [7, 11) is 0. The molecular formula is C20H32N4O5S. The quantitative estimate of drug-likeness (QED) is 0.223. The first-order valence-electron chi connectivity index (χ1n) is 9.84. The summed E-state index contributed by atoms with van der Waals surface area (Å²) < 4.78 is 0. The van der Waals surface area contributed by atoms with Gasteiger partial charge in [0.1, 0.15) is 17.8 Å². The maximum atomic E-state index is 12.7. The van der Waals surface area contributed by atoms with E-state index in [2.05, 4.69) is 10.6 Å². The molecule has 168 valence electrons. The van der Waals surface area contributed by atoms with Crippen molar-refractivity contribution in [1.29, 1.82) is 0 Å². The van der Waals surface area contributed by atoms with Crippen LogP contribution in [0.15, 0.2) is 24.3 Å². The second kappa shape index (κ2) is 13.8. The molecular weight excluding hydrogens is 408 g/mol. The fraction of sp³-hybridized carbons (Fsp3) is 0.550. The van der Waals surface area contributed by atoms with E-state index >= 15 is 0 Å². The lowest BCUT2D eigenvalue weighted by Crippen LogP contribution is -2.54. The smallest absolute Gasteiger partial charge is 0.326 e. The Morgan fingerprint density at radius 1 is 1.03 bits per heavy atom. The van der Waals surface area contributed by atoms with Crippen molar-refractivity contribution < 1.29 is 24.6 Å². The van der Waals surface area contributed by atoms with E-state index in [0.29, 0.717) is 31.6 Å². The average Bonchev–Trinajstić information content (AvgIpc) is 2.71. The Morgan fingerprint density at radius 3 is 2.23 bits per heavy atom. The molecule has 0 heterocycles. The number of hydrogen-bond acceptors (Lipinski definition) is 7. The topological polar surface area (TPSA) is 168 Å². The van der Waals surface area contributed by atoms with Crippen molar-refractivity contribution >= 4 is 29.5 Å². The number of phenolic OH excluding ortho intramolecular Hbond substituents is 1. The zero-order valence-corrected chi connectivity index (χ0v) is 18.0. The van der Waals surface area contributed by atoms with Gasteiger partial charge in [-0.1, -0.05) is 12.1 Å². The molecule has 0 aliphatic heterocycles. The van der Waals surface area contributed by atoms with Gasteiger partial charge in [-0.3, -0.25) is 9.59 Å². The number of hydrogen-bond donors (Lipinski definition) is 6. The monoisotopic (exact) mass is 440 g/mol. The highest BCUT2D eigenvalue weighted by Crippen LogP contribution is 2.11. The fourth-order valence-corrected chi connectivity index (χ4v) is 3.26. The molecule has 1 rings (SSSR count). The molecule has 0 saturated heterocycles. The molecule has 0 aliphatic rings. The van der Waals surface area contributed by atoms with E-state index in [1.54, 1.807) is 12.1 Å². The zero-order valence-electron chi connectivity index (χ0n) is 17.2. The van der Waals surface area contributed by atoms with Crippen molar-refractivity contribution in [3.8, 4) is 5.75 Å². The Morgan fingerprint density at radius 2 is 1.67 bits per heavy atom. The van der Waals surface area contributed by atoms with Crippen LogP contribution in [-0.4, -0.2) is 64.7 Å². The Labute approximate surface area is 181 Å². The second-order valence-electron chi connectivity index (χ2n) is 7.00. The number of benzene rings is 1. The van der Waals surface area contributed by atoms with Gasteiger partial charge in [0.2, 0.25) is 11.8 Å². The molecule has 8 N–H and O–H groups in total. The van der Waals surface area contributed by atoms with Crippen molar-refractivity contribution in [2.45, 2.75) is 50.2 Å². The average molecular weight is 441 g/mol. The molecule has 0 unspecified atom stereocenters. The molecule has 9 nitrogen and oxygen atoms in total. The highest BCUT2D eigenvalue weighted by atomic mass is 32.2. The number of carbonyl (C=O) groups is 3. The van der Waals surface area contributed by atoms with Crippen LogP contribution in [0.25, 0.3) is 0 Å². The third kappa shape index (κ3) is 9.47. The Kier molecular flexibility index (Phi) is 11.9. The summed E-state index contributed by atoms with van der Waals surface area (Å²) in [5.41, 5.74) is 12.3. The molecule has 10 heteroatoms. The lowest BCUT2D eigenvalue weighted by Gasteiger charge is -2.23. The normalized spacial score (nSPS) is 13.8. The molecule has 0 aliphatic carbocycles. The summed E-state index contributed by atoms with van der Waals surface area (Å²) in [4.78, 5) is 36.6. The van der Waals surface area contributed by atoms with Crippen molar-refractivity contribution in [2.24, 2.45) is 11.5 Å². The van der Waals surface area contributed by atoms with E-state index in [1.807, 2.05) is 6.26 Å². The summed E-state index contributed by atoms with van der Waals surface area (Å²) in [6.07, 6.45) is 3.97. The minimum Gasteiger partial charge on any atom is -0.508 e. The number of carbonyl (C=O) groups excluding carboxylic acids is 2. The van der Waals surface area contributed by atoms with E-state index in [9.17, 15) is 24.6 Å². The number of amides is 2. The van der Waals surface area contributed by atoms with Crippen molar-refractivity contribution in [1.82, 2.24) is 10.6 Å². The van der Waals surface area contributed by atoms with Gasteiger partial charge in [-0.05, 0) is 68.4 Å². The van der Waals surface area contributed by atoms with Crippen molar-refractivity contribution in [3.05, 3.63) is 29.8 Å². The lowest BCUT2D eigenvalue weighted by molar-refractivity contribution is -0.142. The third-order valence-electron chi connectivity index (χ3n) is 4.53. The van der Waals surface area contributed by atoms with E-state index < -0.39 is 35.9 Å². The Bertz CT molecular complexity index is 686. The van der Waals surface area contributed by atoms with Crippen molar-refractivity contribution in [2.75, 3.05) is 18.6 Å². The molecule has 0 aromatic heterocycles. The van der Waals surface area contributed by atoms with Gasteiger partial charge in [-0.15, -0.1) is 0 Å². The molecule has 0 saturated carbocycles. The highest BCUT2D eigenvalue weighted by Gasteiger charge is 2.27. The summed E-state index contributed by atoms with van der Waals surface area (Å²) in [6.45, 7) is 0.453. The van der Waals surface area contributed by atoms with Crippen LogP contribution in [0.2, 0.25) is 0 Å². The number of unbranched alkanes of at least 4 members (excludes halogenated alkanes) is 1. The summed E-state index contributed by atoms with van der Waals surface area (Å²) >= 11 is 1.49. The van der Waals surface area contributed by atoms with E-state index in [-0.39, 0.29) is 18.6 Å². The van der Waals surface area contributed by atoms with Crippen LogP contribution in [0.3, 0.4) is 0 Å². The third-order valence-corrected chi connectivity index (χ3v) is 5.18. The van der Waals surface area contributed by atoms with E-state index in [4.69, 9.17) is 11.5 Å². The van der Waals surface area contributed by atoms with Gasteiger partial charge in [0.25, 0.3) is 0 Å². The van der Waals surface area contributed by atoms with Gasteiger partial charge >= 0.3 is 5.97 Å². The Hall–Kier alpha value is -2.30. The lowest BCUT2D eigenvalue weighted by atomic mass is 10.0. The molecule has 30 heavy (non-hydrogen) atoms. The first-order chi connectivity index (χ1) is 14.3. The van der Waals surface area contributed by atoms with Gasteiger partial charge in [0, 0.05) is 0 Å². The number of phenols is 1. The minimum absolute atomic E-state index is 0.114. The molecule has 0 spiro atoms. The maximum Gasteiger partial charge on any atom is 0.326 e. The number of carboxylic acids is 1. The predicted molar refractivity (Wildman–Crippen MR) is 117 cm³/mol. The number of nitrogens with two attached hydrogens (primary N) is 2. The number of aromatic hydroxyl groups is 1. The van der Waals surface area contributed by atoms with Gasteiger partial charge in [-0.25, -0.2) is 4.79 Å². The number of carboxylic acid groups (broad SMARTS) is 1. The number of aliphatic carboxylic acids is 1. The van der Waals surface area contributed by atoms with Gasteiger partial charge < -0.3 is 32.3 Å². The molecule has 1 aromatic carbocycles. The highest BCUT2D eigenvalue weighted by molar-refractivity contribution is 7.98. The summed E-state index contributed by atoms with van der Waals surface area (Å²) in [5, 5.41) is 23.8. The van der Waals surface area contributed by atoms with E-state index in [0.717, 1.165) is 5.56 Å². The summed E-state index contributed by atoms with van der Waals surface area (Å²) in [6, 6.07) is 3.52. The van der Waals surface area contributed by atoms with Gasteiger partial charge in [-0.2, -0.15) is 11.8 Å². The van der Waals surface area contributed by atoms with Crippen LogP contribution in [0.4, 0.5) is 0 Å².